The Hall–Kier alpha value is -1.82. The van der Waals surface area contributed by atoms with Crippen LogP contribution in [0.3, 0.4) is 0 Å². The summed E-state index contributed by atoms with van der Waals surface area (Å²) in [5.41, 5.74) is 0. The third-order valence-corrected chi connectivity index (χ3v) is 4.02. The lowest BCUT2D eigenvalue weighted by Crippen LogP contribution is -2.36. The van der Waals surface area contributed by atoms with E-state index in [0.29, 0.717) is 12.5 Å². The molecular formula is C19H30N2O4. The van der Waals surface area contributed by atoms with E-state index in [9.17, 15) is 4.79 Å². The van der Waals surface area contributed by atoms with Crippen LogP contribution >= 0.6 is 0 Å². The fourth-order valence-electron chi connectivity index (χ4n) is 2.93. The smallest absolute Gasteiger partial charge is 0.217 e. The summed E-state index contributed by atoms with van der Waals surface area (Å²) >= 11 is 0. The number of nitrogens with one attached hydrogen (secondary N) is 1. The molecule has 0 aliphatic heterocycles. The van der Waals surface area contributed by atoms with Crippen LogP contribution in [0.1, 0.15) is 53.4 Å². The molecule has 6 nitrogen and oxygen atoms in total. The van der Waals surface area contributed by atoms with E-state index in [4.69, 9.17) is 14.2 Å². The molecule has 0 aromatic carbocycles. The number of aromatic nitrogens is 1. The van der Waals surface area contributed by atoms with Crippen LogP contribution in [0.15, 0.2) is 18.3 Å². The Morgan fingerprint density at radius 2 is 1.88 bits per heavy atom. The second-order valence-electron chi connectivity index (χ2n) is 6.95. The Morgan fingerprint density at radius 1 is 1.20 bits per heavy atom. The van der Waals surface area contributed by atoms with E-state index in [1.165, 1.54) is 6.92 Å². The first-order chi connectivity index (χ1) is 11.9. The Kier molecular flexibility index (Phi) is 7.50. The molecule has 1 saturated carbocycles. The molecule has 0 spiro atoms. The van der Waals surface area contributed by atoms with Gasteiger partial charge in [0.1, 0.15) is 11.9 Å². The van der Waals surface area contributed by atoms with Gasteiger partial charge in [-0.05, 0) is 52.5 Å². The van der Waals surface area contributed by atoms with Gasteiger partial charge in [-0.1, -0.05) is 0 Å². The van der Waals surface area contributed by atoms with Crippen LogP contribution in [-0.4, -0.2) is 41.9 Å². The minimum absolute atomic E-state index is 0.0227. The lowest BCUT2D eigenvalue weighted by Gasteiger charge is -2.29. The first-order valence-corrected chi connectivity index (χ1v) is 9.10. The van der Waals surface area contributed by atoms with Crippen LogP contribution in [0, 0.1) is 0 Å². The predicted octanol–water partition coefficient (Wildman–Crippen LogP) is 3.10. The number of hydrogen-bond acceptors (Lipinski definition) is 5. The van der Waals surface area contributed by atoms with Crippen LogP contribution < -0.4 is 14.8 Å². The molecule has 0 unspecified atom stereocenters. The SMILES string of the molecule is CC(=O)N[C@H](C)COC1CCC(Oc2ccc(OC(C)C)cn2)CC1. The van der Waals surface area contributed by atoms with E-state index >= 15 is 0 Å². The molecule has 1 atom stereocenters. The number of carbonyl (C=O) groups excluding carboxylic acids is 1. The first-order valence-electron chi connectivity index (χ1n) is 9.10. The summed E-state index contributed by atoms with van der Waals surface area (Å²) in [6.07, 6.45) is 6.09. The second kappa shape index (κ2) is 9.61. The van der Waals surface area contributed by atoms with Gasteiger partial charge < -0.3 is 19.5 Å². The highest BCUT2D eigenvalue weighted by molar-refractivity contribution is 5.73. The van der Waals surface area contributed by atoms with Crippen molar-refractivity contribution < 1.29 is 19.0 Å². The number of nitrogens with zero attached hydrogens (tertiary/aromatic N) is 1. The summed E-state index contributed by atoms with van der Waals surface area (Å²) in [7, 11) is 0. The van der Waals surface area contributed by atoms with Crippen molar-refractivity contribution >= 4 is 5.91 Å². The first kappa shape index (κ1) is 19.5. The highest BCUT2D eigenvalue weighted by Gasteiger charge is 2.23. The molecule has 1 heterocycles. The van der Waals surface area contributed by atoms with Gasteiger partial charge in [0.2, 0.25) is 11.8 Å². The van der Waals surface area contributed by atoms with E-state index in [1.54, 1.807) is 6.20 Å². The molecule has 0 saturated heterocycles. The highest BCUT2D eigenvalue weighted by atomic mass is 16.5. The van der Waals surface area contributed by atoms with Crippen molar-refractivity contribution in [3.05, 3.63) is 18.3 Å². The summed E-state index contributed by atoms with van der Waals surface area (Å²) in [5.74, 6) is 1.37. The monoisotopic (exact) mass is 350 g/mol. The molecule has 1 aliphatic carbocycles. The summed E-state index contributed by atoms with van der Waals surface area (Å²) in [4.78, 5) is 15.3. The largest absolute Gasteiger partial charge is 0.489 e. The summed E-state index contributed by atoms with van der Waals surface area (Å²) in [6, 6.07) is 3.79. The number of pyridine rings is 1. The second-order valence-corrected chi connectivity index (χ2v) is 6.95. The summed E-state index contributed by atoms with van der Waals surface area (Å²) in [6.45, 7) is 8.00. The zero-order chi connectivity index (χ0) is 18.2. The summed E-state index contributed by atoms with van der Waals surface area (Å²) < 4.78 is 17.4. The van der Waals surface area contributed by atoms with Crippen molar-refractivity contribution in [1.29, 1.82) is 0 Å². The number of carbonyl (C=O) groups is 1. The Bertz CT molecular complexity index is 525. The number of hydrogen-bond donors (Lipinski definition) is 1. The maximum Gasteiger partial charge on any atom is 0.217 e. The van der Waals surface area contributed by atoms with Crippen molar-refractivity contribution in [3.8, 4) is 11.6 Å². The minimum Gasteiger partial charge on any atom is -0.489 e. The van der Waals surface area contributed by atoms with Crippen LogP contribution in [-0.2, 0) is 9.53 Å². The molecule has 0 bridgehead atoms. The van der Waals surface area contributed by atoms with Crippen LogP contribution in [0.2, 0.25) is 0 Å². The van der Waals surface area contributed by atoms with E-state index in [2.05, 4.69) is 10.3 Å². The molecule has 25 heavy (non-hydrogen) atoms. The van der Waals surface area contributed by atoms with Gasteiger partial charge in [-0.2, -0.15) is 0 Å². The van der Waals surface area contributed by atoms with Gasteiger partial charge in [-0.15, -0.1) is 0 Å². The maximum atomic E-state index is 11.0. The van der Waals surface area contributed by atoms with Crippen molar-refractivity contribution in [2.45, 2.75) is 77.7 Å². The lowest BCUT2D eigenvalue weighted by atomic mass is 9.95. The van der Waals surface area contributed by atoms with Gasteiger partial charge in [0.05, 0.1) is 25.0 Å². The molecule has 6 heteroatoms. The molecule has 0 radical (unpaired) electrons. The van der Waals surface area contributed by atoms with Crippen molar-refractivity contribution in [3.63, 3.8) is 0 Å². The molecule has 1 N–H and O–H groups in total. The van der Waals surface area contributed by atoms with E-state index in [-0.39, 0.29) is 30.3 Å². The van der Waals surface area contributed by atoms with Gasteiger partial charge >= 0.3 is 0 Å². The van der Waals surface area contributed by atoms with Crippen molar-refractivity contribution in [2.24, 2.45) is 0 Å². The number of amides is 1. The van der Waals surface area contributed by atoms with Gasteiger partial charge in [-0.25, -0.2) is 4.98 Å². The highest BCUT2D eigenvalue weighted by Crippen LogP contribution is 2.25. The van der Waals surface area contributed by atoms with Crippen molar-refractivity contribution in [2.75, 3.05) is 6.61 Å². The average Bonchev–Trinajstić information content (AvgIpc) is 2.55. The van der Waals surface area contributed by atoms with Gasteiger partial charge in [0.25, 0.3) is 0 Å². The molecule has 1 aromatic heterocycles. The quantitative estimate of drug-likeness (QED) is 0.780. The van der Waals surface area contributed by atoms with Crippen molar-refractivity contribution in [1.82, 2.24) is 10.3 Å². The Balaban J connectivity index is 1.69. The Labute approximate surface area is 150 Å². The Morgan fingerprint density at radius 3 is 2.44 bits per heavy atom. The fraction of sp³-hybridized carbons (Fsp3) is 0.684. The summed E-state index contributed by atoms with van der Waals surface area (Å²) in [5, 5.41) is 2.83. The maximum absolute atomic E-state index is 11.0. The molecule has 140 valence electrons. The van der Waals surface area contributed by atoms with Crippen LogP contribution in [0.4, 0.5) is 0 Å². The van der Waals surface area contributed by atoms with E-state index in [0.717, 1.165) is 31.4 Å². The molecule has 1 amide bonds. The predicted molar refractivity (Wildman–Crippen MR) is 95.9 cm³/mol. The number of rotatable bonds is 8. The minimum atomic E-state index is -0.0227. The van der Waals surface area contributed by atoms with Gasteiger partial charge in [0.15, 0.2) is 0 Å². The number of ether oxygens (including phenoxy) is 3. The fourth-order valence-corrected chi connectivity index (χ4v) is 2.93. The van der Waals surface area contributed by atoms with Gasteiger partial charge in [0, 0.05) is 19.0 Å². The van der Waals surface area contributed by atoms with Crippen LogP contribution in [0.25, 0.3) is 0 Å². The van der Waals surface area contributed by atoms with Crippen LogP contribution in [0.5, 0.6) is 11.6 Å². The molecule has 1 aromatic rings. The third kappa shape index (κ3) is 7.30. The molecule has 2 rings (SSSR count). The lowest BCUT2D eigenvalue weighted by molar-refractivity contribution is -0.120. The third-order valence-electron chi connectivity index (χ3n) is 4.02. The molecule has 1 aliphatic rings. The zero-order valence-electron chi connectivity index (χ0n) is 15.7. The topological polar surface area (TPSA) is 69.7 Å². The van der Waals surface area contributed by atoms with E-state index in [1.807, 2.05) is 32.9 Å². The molecular weight excluding hydrogens is 320 g/mol. The zero-order valence-corrected chi connectivity index (χ0v) is 15.7. The normalized spacial score (nSPS) is 21.6. The average molecular weight is 350 g/mol. The standard InChI is InChI=1S/C19H30N2O4/c1-13(2)24-18-9-10-19(20-11-18)25-17-7-5-16(6-8-17)23-12-14(3)21-15(4)22/h9-11,13-14,16-17H,5-8,12H2,1-4H3,(H,21,22)/t14-,16?,17?/m1/s1. The van der Waals surface area contributed by atoms with Gasteiger partial charge in [-0.3, -0.25) is 4.79 Å². The van der Waals surface area contributed by atoms with E-state index < -0.39 is 0 Å². The molecule has 1 fully saturated rings.